The van der Waals surface area contributed by atoms with Gasteiger partial charge in [-0.1, -0.05) is 6.92 Å². The SMILES string of the molecule is CCO[Si](OCC)(OCC)C(CC)NOC(=O)/C(C)=C/C(C)=O. The molecular formula is C15H29NO6Si. The van der Waals surface area contributed by atoms with Crippen LogP contribution in [-0.2, 0) is 27.7 Å². The van der Waals surface area contributed by atoms with E-state index in [1.54, 1.807) is 0 Å². The van der Waals surface area contributed by atoms with Gasteiger partial charge in [-0.3, -0.25) is 4.79 Å². The van der Waals surface area contributed by atoms with E-state index >= 15 is 0 Å². The number of allylic oxidation sites excluding steroid dienone is 1. The molecule has 0 bridgehead atoms. The standard InChI is InChI=1S/C15H29NO6Si/c1-7-14(16-22-15(18)12(5)11-13(6)17)23(19-8-2,20-9-3)21-10-4/h11,14,16H,7-10H2,1-6H3/b12-11+. The first-order chi connectivity index (χ1) is 10.9. The van der Waals surface area contributed by atoms with E-state index in [0.717, 1.165) is 0 Å². The second-order valence-corrected chi connectivity index (χ2v) is 7.58. The van der Waals surface area contributed by atoms with Crippen LogP contribution in [0.3, 0.4) is 0 Å². The molecule has 0 aliphatic carbocycles. The average molecular weight is 347 g/mol. The highest BCUT2D eigenvalue weighted by molar-refractivity contribution is 6.62. The van der Waals surface area contributed by atoms with Crippen LogP contribution in [0, 0.1) is 0 Å². The van der Waals surface area contributed by atoms with E-state index in [1.807, 2.05) is 27.7 Å². The smallest absolute Gasteiger partial charge is 0.373 e. The lowest BCUT2D eigenvalue weighted by Crippen LogP contribution is -2.62. The highest BCUT2D eigenvalue weighted by atomic mass is 28.4. The molecule has 0 heterocycles. The average Bonchev–Trinajstić information content (AvgIpc) is 2.47. The second-order valence-electron chi connectivity index (χ2n) is 4.81. The first kappa shape index (κ1) is 21.9. The molecule has 0 aliphatic heterocycles. The Bertz CT molecular complexity index is 396. The van der Waals surface area contributed by atoms with E-state index in [-0.39, 0.29) is 11.4 Å². The van der Waals surface area contributed by atoms with Gasteiger partial charge in [0.1, 0.15) is 5.67 Å². The summed E-state index contributed by atoms with van der Waals surface area (Å²) in [6.07, 6.45) is 1.82. The van der Waals surface area contributed by atoms with Crippen LogP contribution in [0.1, 0.15) is 48.0 Å². The van der Waals surface area contributed by atoms with Crippen molar-refractivity contribution in [1.29, 1.82) is 0 Å². The third-order valence-electron chi connectivity index (χ3n) is 2.91. The summed E-state index contributed by atoms with van der Waals surface area (Å²) in [7, 11) is -3.03. The molecule has 134 valence electrons. The molecule has 0 fully saturated rings. The number of hydrogen-bond acceptors (Lipinski definition) is 7. The monoisotopic (exact) mass is 347 g/mol. The van der Waals surface area contributed by atoms with E-state index in [0.29, 0.717) is 26.2 Å². The maximum Gasteiger partial charge on any atom is 0.522 e. The molecule has 0 radical (unpaired) electrons. The van der Waals surface area contributed by atoms with Gasteiger partial charge >= 0.3 is 14.8 Å². The van der Waals surface area contributed by atoms with Crippen molar-refractivity contribution in [2.24, 2.45) is 0 Å². The summed E-state index contributed by atoms with van der Waals surface area (Å²) in [6.45, 7) is 11.7. The molecule has 1 atom stereocenters. The fourth-order valence-corrected chi connectivity index (χ4v) is 4.77. The van der Waals surface area contributed by atoms with Gasteiger partial charge in [0.25, 0.3) is 0 Å². The van der Waals surface area contributed by atoms with Crippen molar-refractivity contribution in [2.75, 3.05) is 19.8 Å². The molecule has 0 aromatic heterocycles. The Morgan fingerprint density at radius 3 is 1.83 bits per heavy atom. The number of rotatable bonds is 12. The van der Waals surface area contributed by atoms with Crippen LogP contribution >= 0.6 is 0 Å². The molecule has 0 aliphatic rings. The fourth-order valence-electron chi connectivity index (χ4n) is 2.00. The Labute approximate surface area is 139 Å². The first-order valence-corrected chi connectivity index (χ1v) is 9.74. The highest BCUT2D eigenvalue weighted by Crippen LogP contribution is 2.18. The summed E-state index contributed by atoms with van der Waals surface area (Å²) in [6, 6.07) is 0. The highest BCUT2D eigenvalue weighted by Gasteiger charge is 2.49. The van der Waals surface area contributed by atoms with Gasteiger partial charge in [0, 0.05) is 25.4 Å². The van der Waals surface area contributed by atoms with Crippen molar-refractivity contribution in [3.05, 3.63) is 11.6 Å². The van der Waals surface area contributed by atoms with E-state index < -0.39 is 20.4 Å². The van der Waals surface area contributed by atoms with Crippen LogP contribution in [-0.4, -0.2) is 46.0 Å². The number of hydrogen-bond donors (Lipinski definition) is 1. The second kappa shape index (κ2) is 11.5. The maximum atomic E-state index is 11.9. The Hall–Kier alpha value is -1.06. The van der Waals surface area contributed by atoms with Gasteiger partial charge in [-0.05, 0) is 47.1 Å². The first-order valence-electron chi connectivity index (χ1n) is 7.94. The minimum absolute atomic E-state index is 0.215. The molecule has 0 amide bonds. The number of nitrogens with one attached hydrogen (secondary N) is 1. The lowest BCUT2D eigenvalue weighted by molar-refractivity contribution is -0.148. The van der Waals surface area contributed by atoms with Crippen LogP contribution in [0.2, 0.25) is 0 Å². The summed E-state index contributed by atoms with van der Waals surface area (Å²) in [4.78, 5) is 28.0. The third-order valence-corrected chi connectivity index (χ3v) is 6.36. The van der Waals surface area contributed by atoms with Crippen LogP contribution < -0.4 is 5.48 Å². The Kier molecular flexibility index (Phi) is 10.9. The molecule has 8 heteroatoms. The lowest BCUT2D eigenvalue weighted by Gasteiger charge is -2.34. The number of carbonyl (C=O) groups is 2. The van der Waals surface area contributed by atoms with Gasteiger partial charge in [0.05, 0.1) is 0 Å². The Balaban J connectivity index is 5.06. The summed E-state index contributed by atoms with van der Waals surface area (Å²) in [5.41, 5.74) is 2.53. The predicted molar refractivity (Wildman–Crippen MR) is 88.4 cm³/mol. The molecule has 0 spiro atoms. The third kappa shape index (κ3) is 7.36. The molecule has 23 heavy (non-hydrogen) atoms. The topological polar surface area (TPSA) is 83.1 Å². The van der Waals surface area contributed by atoms with Crippen molar-refractivity contribution in [2.45, 2.75) is 53.6 Å². The molecule has 0 aromatic carbocycles. The van der Waals surface area contributed by atoms with Crippen LogP contribution in [0.25, 0.3) is 0 Å². The quantitative estimate of drug-likeness (QED) is 0.328. The summed E-state index contributed by atoms with van der Waals surface area (Å²) < 4.78 is 17.4. The zero-order valence-corrected chi connectivity index (χ0v) is 15.9. The molecule has 1 N–H and O–H groups in total. The number of hydroxylamine groups is 1. The van der Waals surface area contributed by atoms with E-state index in [9.17, 15) is 9.59 Å². The van der Waals surface area contributed by atoms with Gasteiger partial charge in [0.2, 0.25) is 0 Å². The van der Waals surface area contributed by atoms with Crippen molar-refractivity contribution >= 4 is 20.6 Å². The largest absolute Gasteiger partial charge is 0.522 e. The maximum absolute atomic E-state index is 11.9. The normalized spacial score (nSPS) is 13.7. The number of carbonyl (C=O) groups excluding carboxylic acids is 2. The Morgan fingerprint density at radius 1 is 1.00 bits per heavy atom. The van der Waals surface area contributed by atoms with Gasteiger partial charge < -0.3 is 18.1 Å². The van der Waals surface area contributed by atoms with Crippen LogP contribution in [0.5, 0.6) is 0 Å². The minimum Gasteiger partial charge on any atom is -0.373 e. The minimum atomic E-state index is -3.03. The van der Waals surface area contributed by atoms with Crippen molar-refractivity contribution in [3.63, 3.8) is 0 Å². The summed E-state index contributed by atoms with van der Waals surface area (Å²) >= 11 is 0. The fraction of sp³-hybridized carbons (Fsp3) is 0.733. The van der Waals surface area contributed by atoms with E-state index in [1.165, 1.54) is 19.9 Å². The number of ketones is 1. The molecule has 0 aromatic rings. The molecule has 0 rings (SSSR count). The van der Waals surface area contributed by atoms with Crippen LogP contribution in [0.4, 0.5) is 0 Å². The van der Waals surface area contributed by atoms with Crippen molar-refractivity contribution in [3.8, 4) is 0 Å². The molecule has 0 saturated carbocycles. The molecule has 0 saturated heterocycles. The summed E-state index contributed by atoms with van der Waals surface area (Å²) in [5, 5.41) is 0. The zero-order valence-electron chi connectivity index (χ0n) is 14.9. The molecule has 1 unspecified atom stereocenters. The zero-order chi connectivity index (χ0) is 17.9. The van der Waals surface area contributed by atoms with E-state index in [4.69, 9.17) is 18.1 Å². The van der Waals surface area contributed by atoms with Gasteiger partial charge in [-0.2, -0.15) is 0 Å². The van der Waals surface area contributed by atoms with Gasteiger partial charge in [0.15, 0.2) is 5.78 Å². The van der Waals surface area contributed by atoms with E-state index in [2.05, 4.69) is 5.48 Å². The lowest BCUT2D eigenvalue weighted by atomic mass is 10.2. The summed E-state index contributed by atoms with van der Waals surface area (Å²) in [5.74, 6) is -0.834. The van der Waals surface area contributed by atoms with Gasteiger partial charge in [-0.15, -0.1) is 5.48 Å². The van der Waals surface area contributed by atoms with Crippen LogP contribution in [0.15, 0.2) is 11.6 Å². The van der Waals surface area contributed by atoms with Crippen molar-refractivity contribution in [1.82, 2.24) is 5.48 Å². The molecule has 7 nitrogen and oxygen atoms in total. The Morgan fingerprint density at radius 2 is 1.48 bits per heavy atom. The van der Waals surface area contributed by atoms with Gasteiger partial charge in [-0.25, -0.2) is 4.79 Å². The molecular weight excluding hydrogens is 318 g/mol. The predicted octanol–water partition coefficient (Wildman–Crippen LogP) is 1.94. The van der Waals surface area contributed by atoms with Crippen molar-refractivity contribution < 1.29 is 27.7 Å².